The van der Waals surface area contributed by atoms with Gasteiger partial charge in [-0.05, 0) is 77.9 Å². The molecule has 20 heavy (non-hydrogen) atoms. The van der Waals surface area contributed by atoms with E-state index in [1.165, 1.54) is 31.8 Å². The van der Waals surface area contributed by atoms with Crippen molar-refractivity contribution in [3.8, 4) is 16.9 Å². The predicted molar refractivity (Wildman–Crippen MR) is 93.4 cm³/mol. The van der Waals surface area contributed by atoms with Crippen LogP contribution in [-0.2, 0) is 0 Å². The Labute approximate surface area is 133 Å². The second-order valence-corrected chi connectivity index (χ2v) is 6.24. The molecule has 1 nitrogen and oxygen atoms in total. The van der Waals surface area contributed by atoms with Gasteiger partial charge in [0.2, 0.25) is 0 Å². The topological polar surface area (TPSA) is 4.93 Å². The number of aromatic nitrogens is 1. The third kappa shape index (κ3) is 2.40. The zero-order valence-electron chi connectivity index (χ0n) is 11.6. The number of hydrogen-bond donors (Lipinski definition) is 0. The lowest BCUT2D eigenvalue weighted by atomic mass is 10.1. The van der Waals surface area contributed by atoms with E-state index in [-0.39, 0.29) is 0 Å². The summed E-state index contributed by atoms with van der Waals surface area (Å²) >= 11 is 2.36. The van der Waals surface area contributed by atoms with Crippen LogP contribution < -0.4 is 0 Å². The van der Waals surface area contributed by atoms with Crippen molar-refractivity contribution in [2.75, 3.05) is 0 Å². The number of aryl methyl sites for hydroxylation is 2. The van der Waals surface area contributed by atoms with Gasteiger partial charge in [0.1, 0.15) is 0 Å². The Morgan fingerprint density at radius 1 is 0.850 bits per heavy atom. The molecule has 0 spiro atoms. The van der Waals surface area contributed by atoms with Crippen LogP contribution in [0.5, 0.6) is 0 Å². The fraction of sp³-hybridized carbons (Fsp3) is 0.111. The zero-order valence-corrected chi connectivity index (χ0v) is 13.8. The fourth-order valence-corrected chi connectivity index (χ4v) is 3.21. The highest BCUT2D eigenvalue weighted by atomic mass is 127. The second kappa shape index (κ2) is 5.44. The van der Waals surface area contributed by atoms with Crippen molar-refractivity contribution in [2.24, 2.45) is 0 Å². The summed E-state index contributed by atoms with van der Waals surface area (Å²) in [6, 6.07) is 21.5. The Bertz CT molecular complexity index is 741. The summed E-state index contributed by atoms with van der Waals surface area (Å²) in [5, 5.41) is 0. The summed E-state index contributed by atoms with van der Waals surface area (Å²) in [5.41, 5.74) is 6.30. The minimum absolute atomic E-state index is 1.24. The van der Waals surface area contributed by atoms with Crippen molar-refractivity contribution in [3.05, 3.63) is 75.5 Å². The van der Waals surface area contributed by atoms with Crippen LogP contribution in [0.1, 0.15) is 11.3 Å². The van der Waals surface area contributed by atoms with E-state index in [2.05, 4.69) is 102 Å². The molecule has 0 saturated heterocycles. The number of benzene rings is 2. The maximum atomic E-state index is 2.36. The van der Waals surface area contributed by atoms with E-state index in [0.717, 1.165) is 0 Å². The minimum Gasteiger partial charge on any atom is -0.314 e. The molecule has 1 aromatic heterocycles. The predicted octanol–water partition coefficient (Wildman–Crippen LogP) is 5.37. The van der Waals surface area contributed by atoms with Gasteiger partial charge in [0.25, 0.3) is 0 Å². The molecular weight excluding hydrogens is 357 g/mol. The molecule has 3 rings (SSSR count). The Hall–Kier alpha value is -1.55. The van der Waals surface area contributed by atoms with E-state index in [1.54, 1.807) is 0 Å². The third-order valence-corrected chi connectivity index (χ3v) is 4.22. The fourth-order valence-electron chi connectivity index (χ4n) is 2.56. The molecule has 0 N–H and O–H groups in total. The van der Waals surface area contributed by atoms with Crippen LogP contribution in [0.15, 0.2) is 60.7 Å². The molecule has 0 bridgehead atoms. The Balaban J connectivity index is 2.22. The van der Waals surface area contributed by atoms with Gasteiger partial charge in [0.15, 0.2) is 0 Å². The molecule has 0 aliphatic carbocycles. The van der Waals surface area contributed by atoms with Crippen LogP contribution in [0.4, 0.5) is 0 Å². The van der Waals surface area contributed by atoms with Crippen LogP contribution in [0, 0.1) is 17.4 Å². The first kappa shape index (κ1) is 13.4. The van der Waals surface area contributed by atoms with Crippen molar-refractivity contribution < 1.29 is 0 Å². The summed E-state index contributed by atoms with van der Waals surface area (Å²) in [6.07, 6.45) is 0. The van der Waals surface area contributed by atoms with Gasteiger partial charge in [-0.25, -0.2) is 0 Å². The number of halogens is 1. The first-order valence-corrected chi connectivity index (χ1v) is 7.75. The average Bonchev–Trinajstić information content (AvgIpc) is 2.82. The minimum atomic E-state index is 1.24. The van der Waals surface area contributed by atoms with E-state index in [0.29, 0.717) is 0 Å². The van der Waals surface area contributed by atoms with Crippen molar-refractivity contribution in [3.63, 3.8) is 0 Å². The summed E-state index contributed by atoms with van der Waals surface area (Å²) < 4.78 is 3.61. The normalized spacial score (nSPS) is 10.8. The zero-order chi connectivity index (χ0) is 14.1. The first-order chi connectivity index (χ1) is 9.66. The van der Waals surface area contributed by atoms with E-state index >= 15 is 0 Å². The summed E-state index contributed by atoms with van der Waals surface area (Å²) in [5.74, 6) is 0. The number of nitrogens with zero attached hydrogens (tertiary/aromatic N) is 1. The number of rotatable bonds is 2. The van der Waals surface area contributed by atoms with E-state index < -0.39 is 0 Å². The lowest BCUT2D eigenvalue weighted by Gasteiger charge is -2.15. The molecule has 0 aliphatic rings. The van der Waals surface area contributed by atoms with Gasteiger partial charge in [0, 0.05) is 15.0 Å². The monoisotopic (exact) mass is 373 g/mol. The van der Waals surface area contributed by atoms with E-state index in [1.807, 2.05) is 0 Å². The quantitative estimate of drug-likeness (QED) is 0.533. The molecule has 2 aromatic carbocycles. The molecule has 0 amide bonds. The maximum Gasteiger partial charge on any atom is 0.0531 e. The highest BCUT2D eigenvalue weighted by molar-refractivity contribution is 14.1. The molecule has 1 heterocycles. The Kier molecular flexibility index (Phi) is 3.66. The standard InChI is InChI=1S/C18H16IN/c1-13-12-16(19)9-11-17(13)20-14(2)8-10-18(20)15-6-4-3-5-7-15/h3-12H,1-2H3. The molecular formula is C18H16IN. The van der Waals surface area contributed by atoms with Crippen molar-refractivity contribution in [1.29, 1.82) is 0 Å². The smallest absolute Gasteiger partial charge is 0.0531 e. The van der Waals surface area contributed by atoms with Crippen LogP contribution >= 0.6 is 22.6 Å². The van der Waals surface area contributed by atoms with Crippen LogP contribution in [0.25, 0.3) is 16.9 Å². The molecule has 3 aromatic rings. The van der Waals surface area contributed by atoms with E-state index in [9.17, 15) is 0 Å². The molecule has 0 aliphatic heterocycles. The van der Waals surface area contributed by atoms with Gasteiger partial charge in [0.05, 0.1) is 5.69 Å². The largest absolute Gasteiger partial charge is 0.314 e. The Morgan fingerprint density at radius 3 is 2.30 bits per heavy atom. The average molecular weight is 373 g/mol. The lowest BCUT2D eigenvalue weighted by Crippen LogP contribution is -2.01. The molecule has 0 unspecified atom stereocenters. The molecule has 0 fully saturated rings. The highest BCUT2D eigenvalue weighted by Gasteiger charge is 2.11. The summed E-state index contributed by atoms with van der Waals surface area (Å²) in [4.78, 5) is 0. The van der Waals surface area contributed by atoms with Crippen molar-refractivity contribution >= 4 is 22.6 Å². The van der Waals surface area contributed by atoms with E-state index in [4.69, 9.17) is 0 Å². The van der Waals surface area contributed by atoms with Crippen LogP contribution in [0.2, 0.25) is 0 Å². The highest BCUT2D eigenvalue weighted by Crippen LogP contribution is 2.28. The van der Waals surface area contributed by atoms with Crippen LogP contribution in [0.3, 0.4) is 0 Å². The first-order valence-electron chi connectivity index (χ1n) is 6.67. The lowest BCUT2D eigenvalue weighted by molar-refractivity contribution is 1.01. The molecule has 0 saturated carbocycles. The molecule has 2 heteroatoms. The summed E-state index contributed by atoms with van der Waals surface area (Å²) in [6.45, 7) is 4.33. The molecule has 100 valence electrons. The van der Waals surface area contributed by atoms with Gasteiger partial charge in [-0.2, -0.15) is 0 Å². The SMILES string of the molecule is Cc1cc(I)ccc1-n1c(C)ccc1-c1ccccc1. The van der Waals surface area contributed by atoms with Crippen LogP contribution in [-0.4, -0.2) is 4.57 Å². The van der Waals surface area contributed by atoms with Gasteiger partial charge < -0.3 is 4.57 Å². The van der Waals surface area contributed by atoms with Crippen molar-refractivity contribution in [2.45, 2.75) is 13.8 Å². The second-order valence-electron chi connectivity index (χ2n) is 4.99. The number of hydrogen-bond acceptors (Lipinski definition) is 0. The van der Waals surface area contributed by atoms with Gasteiger partial charge in [-0.3, -0.25) is 0 Å². The Morgan fingerprint density at radius 2 is 1.60 bits per heavy atom. The molecule has 0 atom stereocenters. The van der Waals surface area contributed by atoms with Gasteiger partial charge in [-0.1, -0.05) is 30.3 Å². The molecule has 0 radical (unpaired) electrons. The van der Waals surface area contributed by atoms with Gasteiger partial charge in [-0.15, -0.1) is 0 Å². The third-order valence-electron chi connectivity index (χ3n) is 3.55. The van der Waals surface area contributed by atoms with Crippen molar-refractivity contribution in [1.82, 2.24) is 4.57 Å². The van der Waals surface area contributed by atoms with Gasteiger partial charge >= 0.3 is 0 Å². The maximum absolute atomic E-state index is 2.36. The summed E-state index contributed by atoms with van der Waals surface area (Å²) in [7, 11) is 0.